The van der Waals surface area contributed by atoms with E-state index in [1.54, 1.807) is 6.07 Å². The largest absolute Gasteiger partial charge is 0.369 e. The van der Waals surface area contributed by atoms with Gasteiger partial charge >= 0.3 is 0 Å². The van der Waals surface area contributed by atoms with Gasteiger partial charge in [-0.2, -0.15) is 0 Å². The number of halogens is 2. The maximum atomic E-state index is 6.10. The summed E-state index contributed by atoms with van der Waals surface area (Å²) in [5, 5.41) is 4.52. The molecule has 1 fully saturated rings. The molecule has 1 N–H and O–H groups in total. The second-order valence-corrected chi connectivity index (χ2v) is 4.70. The number of aromatic nitrogens is 1. The van der Waals surface area contributed by atoms with Gasteiger partial charge in [0, 0.05) is 12.5 Å². The van der Waals surface area contributed by atoms with E-state index in [-0.39, 0.29) is 0 Å². The van der Waals surface area contributed by atoms with E-state index in [9.17, 15) is 0 Å². The summed E-state index contributed by atoms with van der Waals surface area (Å²) in [6.45, 7) is 3.00. The van der Waals surface area contributed by atoms with Gasteiger partial charge in [-0.3, -0.25) is 0 Å². The van der Waals surface area contributed by atoms with E-state index < -0.39 is 0 Å². The Kier molecular flexibility index (Phi) is 3.37. The molecule has 0 aliphatic heterocycles. The van der Waals surface area contributed by atoms with Crippen LogP contribution in [-0.2, 0) is 0 Å². The number of pyridine rings is 1. The molecule has 1 aromatic heterocycles. The molecular formula is C11H14Cl2N2. The molecule has 1 saturated carbocycles. The van der Waals surface area contributed by atoms with Crippen LogP contribution in [0.5, 0.6) is 0 Å². The second-order valence-electron chi connectivity index (χ2n) is 3.89. The standard InChI is InChI=1S/C11H14Cl2N2/c1-2-5-14-11-9(13)6-8(12)10(15-11)7-3-4-7/h6-7H,2-5H2,1H3,(H,14,15). The van der Waals surface area contributed by atoms with Gasteiger partial charge in [0.15, 0.2) is 0 Å². The molecule has 0 radical (unpaired) electrons. The lowest BCUT2D eigenvalue weighted by atomic mass is 10.2. The number of nitrogens with one attached hydrogen (secondary N) is 1. The highest BCUT2D eigenvalue weighted by molar-refractivity contribution is 6.36. The maximum absolute atomic E-state index is 6.10. The number of nitrogens with zero attached hydrogens (tertiary/aromatic N) is 1. The molecule has 0 aromatic carbocycles. The fourth-order valence-corrected chi connectivity index (χ4v) is 2.07. The molecule has 1 aliphatic carbocycles. The average molecular weight is 245 g/mol. The second kappa shape index (κ2) is 4.58. The van der Waals surface area contributed by atoms with Crippen LogP contribution in [0.2, 0.25) is 10.0 Å². The normalized spacial score (nSPS) is 15.4. The summed E-state index contributed by atoms with van der Waals surface area (Å²) >= 11 is 12.1. The Labute approximate surface area is 100.0 Å². The van der Waals surface area contributed by atoms with Crippen LogP contribution in [0.3, 0.4) is 0 Å². The molecule has 0 amide bonds. The molecule has 82 valence electrons. The van der Waals surface area contributed by atoms with Crippen LogP contribution < -0.4 is 5.32 Å². The van der Waals surface area contributed by atoms with Crippen LogP contribution in [-0.4, -0.2) is 11.5 Å². The highest BCUT2D eigenvalue weighted by atomic mass is 35.5. The van der Waals surface area contributed by atoms with Crippen LogP contribution in [0.4, 0.5) is 5.82 Å². The van der Waals surface area contributed by atoms with Gasteiger partial charge in [0.05, 0.1) is 15.7 Å². The molecule has 2 rings (SSSR count). The Morgan fingerprint density at radius 1 is 1.40 bits per heavy atom. The molecule has 0 atom stereocenters. The summed E-state index contributed by atoms with van der Waals surface area (Å²) in [6.07, 6.45) is 3.45. The molecule has 0 bridgehead atoms. The monoisotopic (exact) mass is 244 g/mol. The third-order valence-corrected chi connectivity index (χ3v) is 3.05. The van der Waals surface area contributed by atoms with Crippen LogP contribution in [0.1, 0.15) is 37.8 Å². The van der Waals surface area contributed by atoms with Crippen molar-refractivity contribution in [2.45, 2.75) is 32.1 Å². The van der Waals surface area contributed by atoms with Crippen molar-refractivity contribution < 1.29 is 0 Å². The van der Waals surface area contributed by atoms with Crippen molar-refractivity contribution in [3.63, 3.8) is 0 Å². The van der Waals surface area contributed by atoms with Crippen LogP contribution in [0, 0.1) is 0 Å². The Morgan fingerprint density at radius 2 is 2.13 bits per heavy atom. The highest BCUT2D eigenvalue weighted by Gasteiger charge is 2.28. The Morgan fingerprint density at radius 3 is 2.73 bits per heavy atom. The first-order valence-corrected chi connectivity index (χ1v) is 6.07. The number of rotatable bonds is 4. The van der Waals surface area contributed by atoms with E-state index >= 15 is 0 Å². The first-order valence-electron chi connectivity index (χ1n) is 5.32. The Balaban J connectivity index is 2.24. The molecule has 0 spiro atoms. The van der Waals surface area contributed by atoms with Gasteiger partial charge in [0.2, 0.25) is 0 Å². The summed E-state index contributed by atoms with van der Waals surface area (Å²) in [5.74, 6) is 1.32. The smallest absolute Gasteiger partial charge is 0.145 e. The Hall–Kier alpha value is -0.470. The van der Waals surface area contributed by atoms with Gasteiger partial charge in [-0.05, 0) is 25.3 Å². The van der Waals surface area contributed by atoms with Crippen molar-refractivity contribution in [3.05, 3.63) is 21.8 Å². The van der Waals surface area contributed by atoms with Crippen molar-refractivity contribution in [1.29, 1.82) is 0 Å². The molecule has 1 aliphatic rings. The summed E-state index contributed by atoms with van der Waals surface area (Å²) < 4.78 is 0. The van der Waals surface area contributed by atoms with Crippen LogP contribution in [0.15, 0.2) is 6.07 Å². The minimum absolute atomic E-state index is 0.553. The van der Waals surface area contributed by atoms with Gasteiger partial charge in [-0.25, -0.2) is 4.98 Å². The zero-order valence-electron chi connectivity index (χ0n) is 8.69. The van der Waals surface area contributed by atoms with Crippen molar-refractivity contribution in [1.82, 2.24) is 4.98 Å². The van der Waals surface area contributed by atoms with Crippen molar-refractivity contribution >= 4 is 29.0 Å². The molecule has 0 saturated heterocycles. The minimum atomic E-state index is 0.553. The SMILES string of the molecule is CCCNc1nc(C2CC2)c(Cl)cc1Cl. The topological polar surface area (TPSA) is 24.9 Å². The molecule has 1 aromatic rings. The fourth-order valence-electron chi connectivity index (χ4n) is 1.49. The van der Waals surface area contributed by atoms with E-state index in [1.165, 1.54) is 12.8 Å². The van der Waals surface area contributed by atoms with Gasteiger partial charge in [0.1, 0.15) is 5.82 Å². The summed E-state index contributed by atoms with van der Waals surface area (Å²) in [4.78, 5) is 4.50. The third-order valence-electron chi connectivity index (χ3n) is 2.46. The van der Waals surface area contributed by atoms with E-state index in [1.807, 2.05) is 0 Å². The van der Waals surface area contributed by atoms with Crippen LogP contribution >= 0.6 is 23.2 Å². The molecule has 15 heavy (non-hydrogen) atoms. The lowest BCUT2D eigenvalue weighted by molar-refractivity contribution is 0.953. The van der Waals surface area contributed by atoms with Crippen molar-refractivity contribution in [2.24, 2.45) is 0 Å². The zero-order valence-corrected chi connectivity index (χ0v) is 10.2. The van der Waals surface area contributed by atoms with Gasteiger partial charge in [0.25, 0.3) is 0 Å². The quantitative estimate of drug-likeness (QED) is 0.864. The predicted molar refractivity (Wildman–Crippen MR) is 65.0 cm³/mol. The summed E-state index contributed by atoms with van der Waals surface area (Å²) in [6, 6.07) is 1.79. The zero-order chi connectivity index (χ0) is 10.8. The summed E-state index contributed by atoms with van der Waals surface area (Å²) in [7, 11) is 0. The van der Waals surface area contributed by atoms with Crippen molar-refractivity contribution in [3.8, 4) is 0 Å². The molecule has 0 unspecified atom stereocenters. The average Bonchev–Trinajstić information content (AvgIpc) is 3.00. The first-order chi connectivity index (χ1) is 7.22. The van der Waals surface area contributed by atoms with Gasteiger partial charge in [-0.1, -0.05) is 30.1 Å². The number of hydrogen-bond acceptors (Lipinski definition) is 2. The lowest BCUT2D eigenvalue weighted by Gasteiger charge is -2.09. The molecule has 1 heterocycles. The van der Waals surface area contributed by atoms with Gasteiger partial charge in [-0.15, -0.1) is 0 Å². The molecular weight excluding hydrogens is 231 g/mol. The van der Waals surface area contributed by atoms with Crippen molar-refractivity contribution in [2.75, 3.05) is 11.9 Å². The first kappa shape index (κ1) is 11.0. The van der Waals surface area contributed by atoms with E-state index in [4.69, 9.17) is 23.2 Å². The third kappa shape index (κ3) is 2.56. The van der Waals surface area contributed by atoms with E-state index in [0.717, 1.165) is 24.5 Å². The molecule has 4 heteroatoms. The molecule has 2 nitrogen and oxygen atoms in total. The summed E-state index contributed by atoms with van der Waals surface area (Å²) in [5.41, 5.74) is 1.000. The van der Waals surface area contributed by atoms with E-state index in [0.29, 0.717) is 16.0 Å². The maximum Gasteiger partial charge on any atom is 0.145 e. The number of anilines is 1. The Bertz CT molecular complexity index is 362. The van der Waals surface area contributed by atoms with Gasteiger partial charge < -0.3 is 5.32 Å². The number of hydrogen-bond donors (Lipinski definition) is 1. The minimum Gasteiger partial charge on any atom is -0.369 e. The predicted octanol–water partition coefficient (Wildman–Crippen LogP) is 4.09. The lowest BCUT2D eigenvalue weighted by Crippen LogP contribution is -2.04. The highest BCUT2D eigenvalue weighted by Crippen LogP contribution is 2.43. The fraction of sp³-hybridized carbons (Fsp3) is 0.545. The van der Waals surface area contributed by atoms with E-state index in [2.05, 4.69) is 17.2 Å². The van der Waals surface area contributed by atoms with Crippen LogP contribution in [0.25, 0.3) is 0 Å².